The molecule has 0 aliphatic heterocycles. The number of rotatable bonds is 2. The molecular weight excluding hydrogens is 182 g/mol. The number of amides is 1. The fourth-order valence-electron chi connectivity index (χ4n) is 0.399. The fraction of sp³-hybridized carbons (Fsp3) is 0.833. The highest BCUT2D eigenvalue weighted by Crippen LogP contribution is 1.96. The van der Waals surface area contributed by atoms with Gasteiger partial charge < -0.3 is 5.32 Å². The first kappa shape index (κ1) is 8.95. The Morgan fingerprint density at radius 2 is 1.89 bits per heavy atom. The smallest absolute Gasteiger partial charge is 0.233 e. The summed E-state index contributed by atoms with van der Waals surface area (Å²) >= 11 is 3.16. The van der Waals surface area contributed by atoms with Crippen molar-refractivity contribution in [3.63, 3.8) is 0 Å². The lowest BCUT2D eigenvalue weighted by Gasteiger charge is -2.08. The van der Waals surface area contributed by atoms with Crippen molar-refractivity contribution >= 4 is 21.8 Å². The average Bonchev–Trinajstić information content (AvgIpc) is 1.63. The van der Waals surface area contributed by atoms with Gasteiger partial charge in [0.2, 0.25) is 5.91 Å². The molecule has 0 aromatic rings. The van der Waals surface area contributed by atoms with E-state index in [1.807, 2.05) is 13.8 Å². The third-order valence-corrected chi connectivity index (χ3v) is 1.21. The zero-order valence-corrected chi connectivity index (χ0v) is 7.53. The van der Waals surface area contributed by atoms with E-state index in [0.29, 0.717) is 0 Å². The summed E-state index contributed by atoms with van der Waals surface area (Å²) in [7, 11) is 0. The van der Waals surface area contributed by atoms with E-state index in [-0.39, 0.29) is 16.8 Å². The molecule has 0 aliphatic carbocycles. The highest BCUT2D eigenvalue weighted by Gasteiger charge is 2.07. The summed E-state index contributed by atoms with van der Waals surface area (Å²) in [5, 5.41) is 2.76. The van der Waals surface area contributed by atoms with E-state index >= 15 is 0 Å². The van der Waals surface area contributed by atoms with Crippen LogP contribution in [-0.4, -0.2) is 16.8 Å². The second-order valence-electron chi connectivity index (χ2n) is 2.28. The van der Waals surface area contributed by atoms with Gasteiger partial charge in [-0.05, 0) is 20.8 Å². The molecule has 0 saturated carbocycles. The van der Waals surface area contributed by atoms with E-state index in [1.54, 1.807) is 6.92 Å². The Bertz CT molecular complexity index is 101. The molecule has 0 spiro atoms. The highest BCUT2D eigenvalue weighted by molar-refractivity contribution is 9.10. The summed E-state index contributed by atoms with van der Waals surface area (Å²) in [6, 6.07) is 0.234. The summed E-state index contributed by atoms with van der Waals surface area (Å²) in [5.41, 5.74) is 0. The third-order valence-electron chi connectivity index (χ3n) is 0.792. The van der Waals surface area contributed by atoms with Crippen molar-refractivity contribution in [3.05, 3.63) is 0 Å². The van der Waals surface area contributed by atoms with Gasteiger partial charge in [0.25, 0.3) is 0 Å². The van der Waals surface area contributed by atoms with Crippen LogP contribution in [0.25, 0.3) is 0 Å². The Morgan fingerprint density at radius 3 is 2.00 bits per heavy atom. The first-order chi connectivity index (χ1) is 4.04. The standard InChI is InChI=1S/C6H12BrNO/c1-4(2)8-6(9)5(3)7/h4-5H,1-3H3,(H,8,9)/t5-/m1/s1. The predicted molar refractivity (Wildman–Crippen MR) is 41.7 cm³/mol. The molecule has 0 aliphatic rings. The summed E-state index contributed by atoms with van der Waals surface area (Å²) < 4.78 is 0. The molecule has 3 heteroatoms. The minimum absolute atomic E-state index is 0.0463. The molecule has 9 heavy (non-hydrogen) atoms. The SMILES string of the molecule is CC(C)NC(=O)[C@@H](C)Br. The van der Waals surface area contributed by atoms with Crippen LogP contribution in [0.3, 0.4) is 0 Å². The Balaban J connectivity index is 3.51. The van der Waals surface area contributed by atoms with Gasteiger partial charge in [-0.2, -0.15) is 0 Å². The van der Waals surface area contributed by atoms with Crippen molar-refractivity contribution < 1.29 is 4.79 Å². The van der Waals surface area contributed by atoms with Gasteiger partial charge in [0, 0.05) is 6.04 Å². The third kappa shape index (κ3) is 4.45. The van der Waals surface area contributed by atoms with E-state index in [4.69, 9.17) is 0 Å². The van der Waals surface area contributed by atoms with Gasteiger partial charge in [-0.1, -0.05) is 15.9 Å². The van der Waals surface area contributed by atoms with Crippen LogP contribution in [0.5, 0.6) is 0 Å². The average molecular weight is 194 g/mol. The van der Waals surface area contributed by atoms with Crippen LogP contribution in [-0.2, 0) is 4.79 Å². The lowest BCUT2D eigenvalue weighted by atomic mass is 10.3. The molecule has 1 N–H and O–H groups in total. The van der Waals surface area contributed by atoms with E-state index in [9.17, 15) is 4.79 Å². The Kier molecular flexibility index (Phi) is 3.86. The lowest BCUT2D eigenvalue weighted by molar-refractivity contribution is -0.120. The molecule has 0 unspecified atom stereocenters. The quantitative estimate of drug-likeness (QED) is 0.659. The van der Waals surface area contributed by atoms with Crippen LogP contribution in [0.2, 0.25) is 0 Å². The normalized spacial score (nSPS) is 13.4. The first-order valence-electron chi connectivity index (χ1n) is 2.98. The highest BCUT2D eigenvalue weighted by atomic mass is 79.9. The van der Waals surface area contributed by atoms with Crippen molar-refractivity contribution in [1.29, 1.82) is 0 Å². The Labute approximate surface area is 64.1 Å². The molecule has 0 heterocycles. The molecule has 0 aromatic heterocycles. The maximum absolute atomic E-state index is 10.8. The number of hydrogen-bond acceptors (Lipinski definition) is 1. The van der Waals surface area contributed by atoms with Crippen LogP contribution in [0.1, 0.15) is 20.8 Å². The van der Waals surface area contributed by atoms with Crippen molar-refractivity contribution in [3.8, 4) is 0 Å². The Morgan fingerprint density at radius 1 is 1.44 bits per heavy atom. The van der Waals surface area contributed by atoms with Gasteiger partial charge in [-0.25, -0.2) is 0 Å². The molecular formula is C6H12BrNO. The fourth-order valence-corrected chi connectivity index (χ4v) is 0.532. The molecule has 1 amide bonds. The van der Waals surface area contributed by atoms with Crippen LogP contribution >= 0.6 is 15.9 Å². The van der Waals surface area contributed by atoms with E-state index < -0.39 is 0 Å². The number of hydrogen-bond donors (Lipinski definition) is 1. The van der Waals surface area contributed by atoms with Crippen LogP contribution < -0.4 is 5.32 Å². The summed E-state index contributed by atoms with van der Waals surface area (Å²) in [5.74, 6) is 0.0463. The van der Waals surface area contributed by atoms with Crippen molar-refractivity contribution in [1.82, 2.24) is 5.32 Å². The van der Waals surface area contributed by atoms with Crippen LogP contribution in [0.15, 0.2) is 0 Å². The molecule has 0 rings (SSSR count). The number of nitrogens with one attached hydrogen (secondary N) is 1. The lowest BCUT2D eigenvalue weighted by Crippen LogP contribution is -2.34. The number of carbonyl (C=O) groups excluding carboxylic acids is 1. The van der Waals surface area contributed by atoms with Gasteiger partial charge in [-0.15, -0.1) is 0 Å². The Hall–Kier alpha value is -0.0500. The largest absolute Gasteiger partial charge is 0.353 e. The predicted octanol–water partition coefficient (Wildman–Crippen LogP) is 1.29. The zero-order chi connectivity index (χ0) is 7.44. The monoisotopic (exact) mass is 193 g/mol. The minimum atomic E-state index is -0.0834. The van der Waals surface area contributed by atoms with Crippen molar-refractivity contribution in [2.24, 2.45) is 0 Å². The molecule has 54 valence electrons. The summed E-state index contributed by atoms with van der Waals surface area (Å²) in [6.07, 6.45) is 0. The van der Waals surface area contributed by atoms with E-state index in [2.05, 4.69) is 21.2 Å². The molecule has 0 fully saturated rings. The van der Waals surface area contributed by atoms with Crippen LogP contribution in [0.4, 0.5) is 0 Å². The van der Waals surface area contributed by atoms with Gasteiger partial charge in [-0.3, -0.25) is 4.79 Å². The van der Waals surface area contributed by atoms with Gasteiger partial charge in [0.15, 0.2) is 0 Å². The molecule has 0 bridgehead atoms. The molecule has 2 nitrogen and oxygen atoms in total. The van der Waals surface area contributed by atoms with E-state index in [0.717, 1.165) is 0 Å². The van der Waals surface area contributed by atoms with Gasteiger partial charge in [0.05, 0.1) is 4.83 Å². The van der Waals surface area contributed by atoms with E-state index in [1.165, 1.54) is 0 Å². The second kappa shape index (κ2) is 3.88. The van der Waals surface area contributed by atoms with Crippen molar-refractivity contribution in [2.75, 3.05) is 0 Å². The van der Waals surface area contributed by atoms with Crippen LogP contribution in [0, 0.1) is 0 Å². The van der Waals surface area contributed by atoms with Gasteiger partial charge >= 0.3 is 0 Å². The second-order valence-corrected chi connectivity index (χ2v) is 3.65. The number of alkyl halides is 1. The number of carbonyl (C=O) groups is 1. The van der Waals surface area contributed by atoms with Gasteiger partial charge in [0.1, 0.15) is 0 Å². The maximum atomic E-state index is 10.8. The minimum Gasteiger partial charge on any atom is -0.353 e. The molecule has 0 radical (unpaired) electrons. The molecule has 0 aromatic carbocycles. The number of halogens is 1. The molecule has 1 atom stereocenters. The zero-order valence-electron chi connectivity index (χ0n) is 5.94. The molecule has 0 saturated heterocycles. The summed E-state index contributed by atoms with van der Waals surface area (Å²) in [6.45, 7) is 5.68. The topological polar surface area (TPSA) is 29.1 Å². The maximum Gasteiger partial charge on any atom is 0.233 e. The summed E-state index contributed by atoms with van der Waals surface area (Å²) in [4.78, 5) is 10.7. The first-order valence-corrected chi connectivity index (χ1v) is 3.90. The van der Waals surface area contributed by atoms with Crippen molar-refractivity contribution in [2.45, 2.75) is 31.6 Å².